The van der Waals surface area contributed by atoms with Crippen LogP contribution in [0.1, 0.15) is 18.4 Å². The first-order chi connectivity index (χ1) is 12.6. The summed E-state index contributed by atoms with van der Waals surface area (Å²) in [4.78, 5) is 30.0. The minimum absolute atomic E-state index is 0.00863. The lowest BCUT2D eigenvalue weighted by molar-refractivity contribution is -0.142. The Morgan fingerprint density at radius 2 is 2.04 bits per heavy atom. The van der Waals surface area contributed by atoms with Gasteiger partial charge >= 0.3 is 0 Å². The molecule has 4 aliphatic heterocycles. The van der Waals surface area contributed by atoms with Crippen LogP contribution in [0.5, 0.6) is 0 Å². The summed E-state index contributed by atoms with van der Waals surface area (Å²) in [6.45, 7) is 2.52. The molecule has 136 valence electrons. The van der Waals surface area contributed by atoms with Gasteiger partial charge in [-0.25, -0.2) is 0 Å². The standard InChI is InChI=1S/C20H21ClN2O3/c21-14-6-2-1-5-13(14)11-23-12-20-8-7-15(26-20)16(17(20)19(23)25)18(24)22-9-3-4-10-22/h1-2,5-8,15-17H,3-4,9-12H2. The van der Waals surface area contributed by atoms with Crippen molar-refractivity contribution in [3.63, 3.8) is 0 Å². The molecule has 5 nitrogen and oxygen atoms in total. The zero-order valence-corrected chi connectivity index (χ0v) is 15.2. The first kappa shape index (κ1) is 16.3. The first-order valence-corrected chi connectivity index (χ1v) is 9.65. The number of rotatable bonds is 3. The van der Waals surface area contributed by atoms with Crippen LogP contribution in [-0.4, -0.2) is 53.0 Å². The SMILES string of the molecule is O=C(C1C2C=CC3(CN(Cc4ccccc4Cl)C(=O)C13)O2)N1CCCC1. The molecule has 0 aromatic heterocycles. The normalized spacial score (nSPS) is 34.8. The largest absolute Gasteiger partial charge is 0.360 e. The van der Waals surface area contributed by atoms with Crippen LogP contribution in [0.3, 0.4) is 0 Å². The van der Waals surface area contributed by atoms with Crippen LogP contribution in [0.2, 0.25) is 5.02 Å². The van der Waals surface area contributed by atoms with Crippen molar-refractivity contribution in [1.29, 1.82) is 0 Å². The molecule has 4 unspecified atom stereocenters. The third kappa shape index (κ3) is 2.26. The smallest absolute Gasteiger partial charge is 0.230 e. The molecular formula is C20H21ClN2O3. The number of ether oxygens (including phenoxy) is 1. The van der Waals surface area contributed by atoms with Crippen molar-refractivity contribution in [3.05, 3.63) is 47.0 Å². The van der Waals surface area contributed by atoms with E-state index in [0.717, 1.165) is 31.5 Å². The van der Waals surface area contributed by atoms with Crippen LogP contribution >= 0.6 is 11.6 Å². The number of carbonyl (C=O) groups is 2. The van der Waals surface area contributed by atoms with Crippen molar-refractivity contribution in [2.45, 2.75) is 31.1 Å². The van der Waals surface area contributed by atoms with Crippen LogP contribution in [0.15, 0.2) is 36.4 Å². The highest BCUT2D eigenvalue weighted by molar-refractivity contribution is 6.31. The van der Waals surface area contributed by atoms with E-state index < -0.39 is 11.5 Å². The number of likely N-dealkylation sites (tertiary alicyclic amines) is 2. The van der Waals surface area contributed by atoms with Crippen LogP contribution < -0.4 is 0 Å². The maximum atomic E-state index is 13.2. The molecule has 1 aromatic carbocycles. The predicted molar refractivity (Wildman–Crippen MR) is 96.4 cm³/mol. The Morgan fingerprint density at radius 3 is 2.81 bits per heavy atom. The van der Waals surface area contributed by atoms with E-state index in [1.54, 1.807) is 4.90 Å². The molecule has 0 aliphatic carbocycles. The van der Waals surface area contributed by atoms with Gasteiger partial charge in [-0.2, -0.15) is 0 Å². The summed E-state index contributed by atoms with van der Waals surface area (Å²) in [5, 5.41) is 0.653. The highest BCUT2D eigenvalue weighted by Gasteiger charge is 2.67. The van der Waals surface area contributed by atoms with Gasteiger partial charge in [0, 0.05) is 24.7 Å². The maximum Gasteiger partial charge on any atom is 0.230 e. The summed E-state index contributed by atoms with van der Waals surface area (Å²) in [6, 6.07) is 7.56. The number of hydrogen-bond acceptors (Lipinski definition) is 3. The van der Waals surface area contributed by atoms with Crippen molar-refractivity contribution in [2.75, 3.05) is 19.6 Å². The van der Waals surface area contributed by atoms with Crippen molar-refractivity contribution in [3.8, 4) is 0 Å². The van der Waals surface area contributed by atoms with Gasteiger partial charge in [-0.05, 0) is 24.5 Å². The second kappa shape index (κ2) is 5.83. The number of amides is 2. The van der Waals surface area contributed by atoms with E-state index in [-0.39, 0.29) is 23.8 Å². The fourth-order valence-electron chi connectivity index (χ4n) is 4.97. The Morgan fingerprint density at radius 1 is 1.27 bits per heavy atom. The molecular weight excluding hydrogens is 352 g/mol. The van der Waals surface area contributed by atoms with E-state index in [1.165, 1.54) is 0 Å². The van der Waals surface area contributed by atoms with Crippen LogP contribution in [0, 0.1) is 11.8 Å². The maximum absolute atomic E-state index is 13.2. The number of nitrogens with zero attached hydrogens (tertiary/aromatic N) is 2. The third-order valence-corrected chi connectivity index (χ3v) is 6.57. The molecule has 0 N–H and O–H groups in total. The molecule has 3 fully saturated rings. The number of halogens is 1. The Balaban J connectivity index is 1.42. The monoisotopic (exact) mass is 372 g/mol. The van der Waals surface area contributed by atoms with Crippen LogP contribution in [-0.2, 0) is 20.9 Å². The average Bonchev–Trinajstić information content (AvgIpc) is 3.39. The third-order valence-electron chi connectivity index (χ3n) is 6.20. The molecule has 1 aromatic rings. The van der Waals surface area contributed by atoms with Gasteiger partial charge in [-0.3, -0.25) is 9.59 Å². The van der Waals surface area contributed by atoms with Gasteiger partial charge in [0.1, 0.15) is 5.60 Å². The lowest BCUT2D eigenvalue weighted by atomic mass is 9.76. The van der Waals surface area contributed by atoms with Crippen LogP contribution in [0.4, 0.5) is 0 Å². The Labute approximate surface area is 157 Å². The quantitative estimate of drug-likeness (QED) is 0.765. The zero-order chi connectivity index (χ0) is 17.9. The summed E-state index contributed by atoms with van der Waals surface area (Å²) in [5.41, 5.74) is 0.267. The predicted octanol–water partition coefficient (Wildman–Crippen LogP) is 2.24. The second-order valence-corrected chi connectivity index (χ2v) is 8.13. The topological polar surface area (TPSA) is 49.9 Å². The van der Waals surface area contributed by atoms with E-state index >= 15 is 0 Å². The summed E-state index contributed by atoms with van der Waals surface area (Å²) in [5.74, 6) is -0.707. The van der Waals surface area contributed by atoms with Gasteiger partial charge in [0.05, 0.1) is 24.5 Å². The number of hydrogen-bond donors (Lipinski definition) is 0. The Bertz CT molecular complexity index is 804. The lowest BCUT2D eigenvalue weighted by Gasteiger charge is -2.27. The summed E-state index contributed by atoms with van der Waals surface area (Å²) in [7, 11) is 0. The summed E-state index contributed by atoms with van der Waals surface area (Å²) in [6.07, 6.45) is 5.80. The Kier molecular flexibility index (Phi) is 3.66. The molecule has 6 heteroatoms. The van der Waals surface area contributed by atoms with E-state index in [9.17, 15) is 9.59 Å². The first-order valence-electron chi connectivity index (χ1n) is 9.27. The molecule has 1 spiro atoms. The molecule has 4 atom stereocenters. The van der Waals surface area contributed by atoms with Gasteiger partial charge in [0.15, 0.2) is 0 Å². The lowest BCUT2D eigenvalue weighted by Crippen LogP contribution is -2.45. The van der Waals surface area contributed by atoms with Gasteiger partial charge in [-0.1, -0.05) is 42.0 Å². The zero-order valence-electron chi connectivity index (χ0n) is 14.4. The average molecular weight is 373 g/mol. The molecule has 26 heavy (non-hydrogen) atoms. The molecule has 3 saturated heterocycles. The van der Waals surface area contributed by atoms with Gasteiger partial charge < -0.3 is 14.5 Å². The second-order valence-electron chi connectivity index (χ2n) is 7.72. The summed E-state index contributed by atoms with van der Waals surface area (Å²) >= 11 is 6.27. The van der Waals surface area contributed by atoms with Crippen LogP contribution in [0.25, 0.3) is 0 Å². The minimum atomic E-state index is -0.650. The fourth-order valence-corrected chi connectivity index (χ4v) is 5.17. The Hall–Kier alpha value is -1.85. The minimum Gasteiger partial charge on any atom is -0.360 e. The van der Waals surface area contributed by atoms with E-state index in [1.807, 2.05) is 41.3 Å². The van der Waals surface area contributed by atoms with Crippen molar-refractivity contribution in [2.24, 2.45) is 11.8 Å². The van der Waals surface area contributed by atoms with Gasteiger partial charge in [-0.15, -0.1) is 0 Å². The number of fused-ring (bicyclic) bond motifs is 1. The highest BCUT2D eigenvalue weighted by Crippen LogP contribution is 2.52. The molecule has 0 saturated carbocycles. The van der Waals surface area contributed by atoms with E-state index in [4.69, 9.17) is 16.3 Å². The number of benzene rings is 1. The van der Waals surface area contributed by atoms with E-state index in [0.29, 0.717) is 18.1 Å². The molecule has 2 amide bonds. The molecule has 4 aliphatic rings. The molecule has 0 radical (unpaired) electrons. The van der Waals surface area contributed by atoms with Crippen molar-refractivity contribution >= 4 is 23.4 Å². The van der Waals surface area contributed by atoms with E-state index in [2.05, 4.69) is 0 Å². The molecule has 4 heterocycles. The highest BCUT2D eigenvalue weighted by atomic mass is 35.5. The summed E-state index contributed by atoms with van der Waals surface area (Å²) < 4.78 is 6.19. The van der Waals surface area contributed by atoms with Gasteiger partial charge in [0.25, 0.3) is 0 Å². The van der Waals surface area contributed by atoms with Gasteiger partial charge in [0.2, 0.25) is 11.8 Å². The molecule has 5 rings (SSSR count). The number of carbonyl (C=O) groups excluding carboxylic acids is 2. The van der Waals surface area contributed by atoms with Crippen molar-refractivity contribution in [1.82, 2.24) is 9.80 Å². The fraction of sp³-hybridized carbons (Fsp3) is 0.500. The molecule has 2 bridgehead atoms. The van der Waals surface area contributed by atoms with Crippen molar-refractivity contribution < 1.29 is 14.3 Å².